The van der Waals surface area contributed by atoms with Crippen LogP contribution in [-0.2, 0) is 6.54 Å². The molecule has 2 aromatic rings. The molecule has 1 aliphatic heterocycles. The number of β-amino-alcohol motifs (C(OH)–C–C–N with tert-alkyl or cyclic N) is 1. The highest BCUT2D eigenvalue weighted by atomic mass is 16.3. The number of benzene rings is 1. The summed E-state index contributed by atoms with van der Waals surface area (Å²) in [5.74, 6) is 0. The zero-order valence-corrected chi connectivity index (χ0v) is 14.7. The Morgan fingerprint density at radius 3 is 2.92 bits per heavy atom. The fourth-order valence-corrected chi connectivity index (χ4v) is 3.18. The Hall–Kier alpha value is -1.91. The molecule has 0 amide bonds. The van der Waals surface area contributed by atoms with Gasteiger partial charge in [0.15, 0.2) is 0 Å². The molecule has 0 radical (unpaired) electrons. The highest BCUT2D eigenvalue weighted by Crippen LogP contribution is 2.22. The minimum absolute atomic E-state index is 0.211. The van der Waals surface area contributed by atoms with Crippen molar-refractivity contribution in [2.24, 2.45) is 0 Å². The van der Waals surface area contributed by atoms with Crippen molar-refractivity contribution >= 4 is 5.57 Å². The molecule has 2 heterocycles. The van der Waals surface area contributed by atoms with E-state index in [-0.39, 0.29) is 6.10 Å². The minimum atomic E-state index is -0.211. The number of aryl methyl sites for hydroxylation is 1. The van der Waals surface area contributed by atoms with Crippen LogP contribution < -0.4 is 0 Å². The van der Waals surface area contributed by atoms with E-state index >= 15 is 0 Å². The van der Waals surface area contributed by atoms with E-state index < -0.39 is 0 Å². The molecule has 1 aliphatic rings. The second-order valence-electron chi connectivity index (χ2n) is 6.72. The first-order valence-electron chi connectivity index (χ1n) is 8.82. The maximum absolute atomic E-state index is 9.78. The lowest BCUT2D eigenvalue weighted by atomic mass is 10.0. The SMILES string of the molecule is CC[C@H](O)CN1CC=C(c2cnn(Cc3cccc(C)c3)c2)CC1. The fraction of sp³-hybridized carbons (Fsp3) is 0.450. The average molecular weight is 325 g/mol. The fourth-order valence-electron chi connectivity index (χ4n) is 3.18. The smallest absolute Gasteiger partial charge is 0.0664 e. The second-order valence-corrected chi connectivity index (χ2v) is 6.72. The first-order chi connectivity index (χ1) is 11.6. The molecule has 0 spiro atoms. The van der Waals surface area contributed by atoms with E-state index in [0.29, 0.717) is 0 Å². The zero-order valence-electron chi connectivity index (χ0n) is 14.7. The van der Waals surface area contributed by atoms with Gasteiger partial charge in [0, 0.05) is 31.4 Å². The molecular weight excluding hydrogens is 298 g/mol. The molecule has 3 rings (SSSR count). The Morgan fingerprint density at radius 2 is 2.21 bits per heavy atom. The Balaban J connectivity index is 1.62. The van der Waals surface area contributed by atoms with Crippen molar-refractivity contribution in [1.29, 1.82) is 0 Å². The van der Waals surface area contributed by atoms with Crippen molar-refractivity contribution in [3.8, 4) is 0 Å². The van der Waals surface area contributed by atoms with Crippen LogP contribution in [0.15, 0.2) is 42.7 Å². The van der Waals surface area contributed by atoms with Gasteiger partial charge in [0.25, 0.3) is 0 Å². The lowest BCUT2D eigenvalue weighted by Gasteiger charge is -2.27. The molecule has 0 aliphatic carbocycles. The van der Waals surface area contributed by atoms with Crippen LogP contribution in [0.4, 0.5) is 0 Å². The quantitative estimate of drug-likeness (QED) is 0.887. The van der Waals surface area contributed by atoms with Crippen molar-refractivity contribution in [2.45, 2.75) is 39.3 Å². The van der Waals surface area contributed by atoms with Crippen LogP contribution in [0.25, 0.3) is 5.57 Å². The predicted molar refractivity (Wildman–Crippen MR) is 97.8 cm³/mol. The van der Waals surface area contributed by atoms with Crippen LogP contribution in [0.2, 0.25) is 0 Å². The molecule has 0 saturated carbocycles. The topological polar surface area (TPSA) is 41.3 Å². The van der Waals surface area contributed by atoms with E-state index in [1.54, 1.807) is 0 Å². The van der Waals surface area contributed by atoms with E-state index in [9.17, 15) is 5.11 Å². The molecule has 4 nitrogen and oxygen atoms in total. The third-order valence-corrected chi connectivity index (χ3v) is 4.66. The number of aliphatic hydroxyl groups is 1. The molecule has 24 heavy (non-hydrogen) atoms. The number of aromatic nitrogens is 2. The molecule has 0 unspecified atom stereocenters. The van der Waals surface area contributed by atoms with Gasteiger partial charge in [0.05, 0.1) is 18.8 Å². The van der Waals surface area contributed by atoms with Crippen molar-refractivity contribution in [3.63, 3.8) is 0 Å². The highest BCUT2D eigenvalue weighted by Gasteiger charge is 2.16. The normalized spacial score (nSPS) is 16.9. The molecule has 1 aromatic carbocycles. The lowest BCUT2D eigenvalue weighted by molar-refractivity contribution is 0.115. The molecule has 0 saturated heterocycles. The largest absolute Gasteiger partial charge is 0.392 e. The van der Waals surface area contributed by atoms with Gasteiger partial charge in [-0.3, -0.25) is 9.58 Å². The third kappa shape index (κ3) is 4.34. The summed E-state index contributed by atoms with van der Waals surface area (Å²) in [7, 11) is 0. The van der Waals surface area contributed by atoms with Gasteiger partial charge in [-0.2, -0.15) is 5.10 Å². The van der Waals surface area contributed by atoms with E-state index in [4.69, 9.17) is 0 Å². The van der Waals surface area contributed by atoms with Gasteiger partial charge >= 0.3 is 0 Å². The zero-order chi connectivity index (χ0) is 16.9. The molecule has 0 bridgehead atoms. The molecule has 0 fully saturated rings. The summed E-state index contributed by atoms with van der Waals surface area (Å²) in [5.41, 5.74) is 5.15. The number of aliphatic hydroxyl groups excluding tert-OH is 1. The monoisotopic (exact) mass is 325 g/mol. The summed E-state index contributed by atoms with van der Waals surface area (Å²) >= 11 is 0. The Morgan fingerprint density at radius 1 is 1.33 bits per heavy atom. The van der Waals surface area contributed by atoms with Crippen LogP contribution in [0.5, 0.6) is 0 Å². The summed E-state index contributed by atoms with van der Waals surface area (Å²) in [4.78, 5) is 2.31. The van der Waals surface area contributed by atoms with Gasteiger partial charge in [-0.25, -0.2) is 0 Å². The minimum Gasteiger partial charge on any atom is -0.392 e. The summed E-state index contributed by atoms with van der Waals surface area (Å²) in [6, 6.07) is 8.56. The van der Waals surface area contributed by atoms with Gasteiger partial charge in [-0.15, -0.1) is 0 Å². The van der Waals surface area contributed by atoms with Crippen molar-refractivity contribution in [2.75, 3.05) is 19.6 Å². The van der Waals surface area contributed by atoms with Gasteiger partial charge in [-0.1, -0.05) is 42.8 Å². The molecule has 4 heteroatoms. The van der Waals surface area contributed by atoms with Crippen molar-refractivity contribution < 1.29 is 5.11 Å². The third-order valence-electron chi connectivity index (χ3n) is 4.66. The first kappa shape index (κ1) is 16.9. The van der Waals surface area contributed by atoms with E-state index in [2.05, 4.69) is 53.5 Å². The number of hydrogen-bond acceptors (Lipinski definition) is 3. The van der Waals surface area contributed by atoms with Crippen molar-refractivity contribution in [3.05, 3.63) is 59.4 Å². The number of hydrogen-bond donors (Lipinski definition) is 1. The van der Waals surface area contributed by atoms with Crippen LogP contribution in [0.3, 0.4) is 0 Å². The molecule has 128 valence electrons. The van der Waals surface area contributed by atoms with E-state index in [0.717, 1.165) is 39.0 Å². The molecule has 1 aromatic heterocycles. The van der Waals surface area contributed by atoms with Gasteiger partial charge < -0.3 is 5.11 Å². The van der Waals surface area contributed by atoms with Gasteiger partial charge in [0.1, 0.15) is 0 Å². The van der Waals surface area contributed by atoms with Crippen LogP contribution in [-0.4, -0.2) is 45.5 Å². The summed E-state index contributed by atoms with van der Waals surface area (Å²) in [6.07, 6.45) is 8.02. The number of rotatable bonds is 6. The van der Waals surface area contributed by atoms with Gasteiger partial charge in [0.2, 0.25) is 0 Å². The Bertz CT molecular complexity index is 704. The van der Waals surface area contributed by atoms with Crippen LogP contribution in [0.1, 0.15) is 36.5 Å². The average Bonchev–Trinajstić information content (AvgIpc) is 3.04. The summed E-state index contributed by atoms with van der Waals surface area (Å²) < 4.78 is 2.01. The van der Waals surface area contributed by atoms with Crippen LogP contribution in [0, 0.1) is 6.92 Å². The molecule has 1 atom stereocenters. The van der Waals surface area contributed by atoms with E-state index in [1.807, 2.05) is 17.8 Å². The Kier molecular flexibility index (Phi) is 5.48. The summed E-state index contributed by atoms with van der Waals surface area (Å²) in [5, 5.41) is 14.3. The Labute approximate surface area is 144 Å². The van der Waals surface area contributed by atoms with Gasteiger partial charge in [-0.05, 0) is 30.9 Å². The van der Waals surface area contributed by atoms with Crippen LogP contribution >= 0.6 is 0 Å². The standard InChI is InChI=1S/C20H27N3O/c1-3-20(24)15-22-9-7-18(8-10-22)19-12-21-23(14-19)13-17-6-4-5-16(2)11-17/h4-7,11-12,14,20,24H,3,8-10,13,15H2,1-2H3/t20-/m0/s1. The predicted octanol–water partition coefficient (Wildman–Crippen LogP) is 3.10. The summed E-state index contributed by atoms with van der Waals surface area (Å²) in [6.45, 7) is 7.64. The second kappa shape index (κ2) is 7.77. The lowest BCUT2D eigenvalue weighted by Crippen LogP contribution is -2.35. The maximum atomic E-state index is 9.78. The number of nitrogens with zero attached hydrogens (tertiary/aromatic N) is 3. The molecule has 1 N–H and O–H groups in total. The first-order valence-corrected chi connectivity index (χ1v) is 8.82. The maximum Gasteiger partial charge on any atom is 0.0664 e. The van der Waals surface area contributed by atoms with E-state index in [1.165, 1.54) is 22.3 Å². The van der Waals surface area contributed by atoms with Crippen molar-refractivity contribution in [1.82, 2.24) is 14.7 Å². The highest BCUT2D eigenvalue weighted by molar-refractivity contribution is 5.65. The molecular formula is C20H27N3O.